The van der Waals surface area contributed by atoms with Crippen molar-refractivity contribution in [3.8, 4) is 0 Å². The van der Waals surface area contributed by atoms with Gasteiger partial charge in [-0.1, -0.05) is 28.8 Å². The maximum Gasteiger partial charge on any atom is 0.285 e. The maximum atomic E-state index is 13.2. The van der Waals surface area contributed by atoms with Crippen molar-refractivity contribution < 1.29 is 14.1 Å². The summed E-state index contributed by atoms with van der Waals surface area (Å²) in [5.74, 6) is -1.11. The molecule has 7 heteroatoms. The fourth-order valence-electron chi connectivity index (χ4n) is 2.60. The molecule has 1 atom stereocenters. The van der Waals surface area contributed by atoms with E-state index in [-0.39, 0.29) is 11.6 Å². The van der Waals surface area contributed by atoms with Crippen LogP contribution in [0.1, 0.15) is 36.0 Å². The first-order chi connectivity index (χ1) is 10.0. The Morgan fingerprint density at radius 1 is 1.43 bits per heavy atom. The van der Waals surface area contributed by atoms with Gasteiger partial charge in [0.1, 0.15) is 11.4 Å². The van der Waals surface area contributed by atoms with E-state index in [9.17, 15) is 19.3 Å². The van der Waals surface area contributed by atoms with Crippen molar-refractivity contribution in [1.82, 2.24) is 4.90 Å². The number of carbonyl (C=O) groups excluding carboxylic acids is 1. The van der Waals surface area contributed by atoms with Crippen molar-refractivity contribution in [2.45, 2.75) is 31.7 Å². The molecule has 1 amide bonds. The minimum absolute atomic E-state index is 0.0182. The highest BCUT2D eigenvalue weighted by Gasteiger charge is 2.30. The lowest BCUT2D eigenvalue weighted by molar-refractivity contribution is -0.385. The van der Waals surface area contributed by atoms with Crippen LogP contribution in [-0.4, -0.2) is 33.6 Å². The van der Waals surface area contributed by atoms with Crippen LogP contribution in [0.15, 0.2) is 18.2 Å². The number of rotatable bonds is 3. The van der Waals surface area contributed by atoms with Gasteiger partial charge in [-0.05, 0) is 25.0 Å². The number of halogens is 2. The van der Waals surface area contributed by atoms with E-state index in [1.54, 1.807) is 4.90 Å². The largest absolute Gasteiger partial charge is 0.335 e. The van der Waals surface area contributed by atoms with E-state index in [4.69, 9.17) is 0 Å². The zero-order chi connectivity index (χ0) is 15.4. The number of hydrogen-bond donors (Lipinski definition) is 0. The first-order valence-corrected chi connectivity index (χ1v) is 7.97. The van der Waals surface area contributed by atoms with Crippen LogP contribution in [0.3, 0.4) is 0 Å². The van der Waals surface area contributed by atoms with E-state index in [1.165, 1.54) is 6.07 Å². The van der Waals surface area contributed by atoms with Gasteiger partial charge in [0.2, 0.25) is 0 Å². The standard InChI is InChI=1S/C14H16BrFN2O3/c15-9-11-4-2-1-3-7-17(11)14(19)12-6-5-10(16)8-13(12)18(20)21/h5-6,8,11H,1-4,7,9H2. The van der Waals surface area contributed by atoms with Gasteiger partial charge in [0, 0.05) is 17.9 Å². The first-order valence-electron chi connectivity index (χ1n) is 6.85. The van der Waals surface area contributed by atoms with Crippen molar-refractivity contribution in [3.63, 3.8) is 0 Å². The lowest BCUT2D eigenvalue weighted by atomic mass is 10.1. The highest BCUT2D eigenvalue weighted by molar-refractivity contribution is 9.09. The molecule has 1 fully saturated rings. The zero-order valence-corrected chi connectivity index (χ0v) is 13.0. The number of carbonyl (C=O) groups is 1. The summed E-state index contributed by atoms with van der Waals surface area (Å²) in [5.41, 5.74) is -0.521. The molecule has 21 heavy (non-hydrogen) atoms. The van der Waals surface area contributed by atoms with Gasteiger partial charge in [-0.3, -0.25) is 14.9 Å². The van der Waals surface area contributed by atoms with Gasteiger partial charge in [0.15, 0.2) is 0 Å². The van der Waals surface area contributed by atoms with Gasteiger partial charge >= 0.3 is 0 Å². The van der Waals surface area contributed by atoms with Gasteiger partial charge in [-0.15, -0.1) is 0 Å². The van der Waals surface area contributed by atoms with Crippen LogP contribution in [0.25, 0.3) is 0 Å². The minimum atomic E-state index is -0.717. The molecule has 1 aromatic rings. The van der Waals surface area contributed by atoms with Crippen molar-refractivity contribution in [3.05, 3.63) is 39.7 Å². The third-order valence-corrected chi connectivity index (χ3v) is 4.45. The number of amides is 1. The van der Waals surface area contributed by atoms with Crippen molar-refractivity contribution >= 4 is 27.5 Å². The lowest BCUT2D eigenvalue weighted by Gasteiger charge is -2.28. The van der Waals surface area contributed by atoms with Crippen LogP contribution in [-0.2, 0) is 0 Å². The zero-order valence-electron chi connectivity index (χ0n) is 11.4. The van der Waals surface area contributed by atoms with Crippen molar-refractivity contribution in [1.29, 1.82) is 0 Å². The molecule has 0 bridgehead atoms. The van der Waals surface area contributed by atoms with E-state index in [0.717, 1.165) is 37.8 Å². The van der Waals surface area contributed by atoms with Crippen LogP contribution in [0.4, 0.5) is 10.1 Å². The third kappa shape index (κ3) is 3.58. The summed E-state index contributed by atoms with van der Waals surface area (Å²) in [4.78, 5) is 24.6. The summed E-state index contributed by atoms with van der Waals surface area (Å²) < 4.78 is 13.2. The molecule has 0 aromatic heterocycles. The molecular weight excluding hydrogens is 343 g/mol. The first kappa shape index (κ1) is 15.9. The molecule has 1 heterocycles. The molecule has 1 aliphatic rings. The maximum absolute atomic E-state index is 13.2. The van der Waals surface area contributed by atoms with E-state index >= 15 is 0 Å². The summed E-state index contributed by atoms with van der Waals surface area (Å²) >= 11 is 3.40. The highest BCUT2D eigenvalue weighted by atomic mass is 79.9. The van der Waals surface area contributed by atoms with Gasteiger partial charge in [0.25, 0.3) is 11.6 Å². The van der Waals surface area contributed by atoms with Gasteiger partial charge in [-0.25, -0.2) is 4.39 Å². The molecule has 0 spiro atoms. The third-order valence-electron chi connectivity index (χ3n) is 3.70. The molecule has 0 saturated carbocycles. The van der Waals surface area contributed by atoms with Crippen LogP contribution in [0.5, 0.6) is 0 Å². The second kappa shape index (κ2) is 6.98. The van der Waals surface area contributed by atoms with E-state index < -0.39 is 22.3 Å². The smallest absolute Gasteiger partial charge is 0.285 e. The second-order valence-corrected chi connectivity index (χ2v) is 5.72. The number of likely N-dealkylation sites (tertiary alicyclic amines) is 1. The minimum Gasteiger partial charge on any atom is -0.335 e. The Balaban J connectivity index is 2.36. The van der Waals surface area contributed by atoms with E-state index in [1.807, 2.05) is 0 Å². The molecule has 0 radical (unpaired) electrons. The summed E-state index contributed by atoms with van der Waals surface area (Å²) in [7, 11) is 0. The Bertz CT molecular complexity index is 553. The normalized spacial score (nSPS) is 19.1. The topological polar surface area (TPSA) is 63.4 Å². The van der Waals surface area contributed by atoms with Gasteiger partial charge in [-0.2, -0.15) is 0 Å². The number of alkyl halides is 1. The van der Waals surface area contributed by atoms with E-state index in [0.29, 0.717) is 11.9 Å². The summed E-state index contributed by atoms with van der Waals surface area (Å²) in [6, 6.07) is 3.10. The highest BCUT2D eigenvalue weighted by Crippen LogP contribution is 2.25. The predicted molar refractivity (Wildman–Crippen MR) is 80.1 cm³/mol. The molecule has 0 N–H and O–H groups in total. The van der Waals surface area contributed by atoms with Crippen LogP contribution < -0.4 is 0 Å². The molecule has 1 aliphatic heterocycles. The molecular formula is C14H16BrFN2O3. The van der Waals surface area contributed by atoms with Crippen LogP contribution in [0.2, 0.25) is 0 Å². The molecule has 0 aliphatic carbocycles. The average molecular weight is 359 g/mol. The lowest BCUT2D eigenvalue weighted by Crippen LogP contribution is -2.41. The van der Waals surface area contributed by atoms with Gasteiger partial charge < -0.3 is 4.90 Å². The Morgan fingerprint density at radius 3 is 2.86 bits per heavy atom. The summed E-state index contributed by atoms with van der Waals surface area (Å²) in [6.07, 6.45) is 3.82. The predicted octanol–water partition coefficient (Wildman–Crippen LogP) is 3.51. The average Bonchev–Trinajstić information content (AvgIpc) is 2.71. The molecule has 2 rings (SSSR count). The quantitative estimate of drug-likeness (QED) is 0.471. The fraction of sp³-hybridized carbons (Fsp3) is 0.500. The number of benzene rings is 1. The molecule has 5 nitrogen and oxygen atoms in total. The Hall–Kier alpha value is -1.50. The SMILES string of the molecule is O=C(c1ccc(F)cc1[N+](=O)[O-])N1CCCCCC1CBr. The fourth-order valence-corrected chi connectivity index (χ4v) is 3.27. The summed E-state index contributed by atoms with van der Waals surface area (Å²) in [5, 5.41) is 11.7. The van der Waals surface area contributed by atoms with E-state index in [2.05, 4.69) is 15.9 Å². The number of hydrogen-bond acceptors (Lipinski definition) is 3. The Kier molecular flexibility index (Phi) is 5.27. The van der Waals surface area contributed by atoms with Gasteiger partial charge in [0.05, 0.1) is 11.0 Å². The Morgan fingerprint density at radius 2 is 2.19 bits per heavy atom. The number of nitro benzene ring substituents is 1. The molecule has 1 aromatic carbocycles. The monoisotopic (exact) mass is 358 g/mol. The second-order valence-electron chi connectivity index (χ2n) is 5.07. The molecule has 1 saturated heterocycles. The van der Waals surface area contributed by atoms with Crippen LogP contribution in [0, 0.1) is 15.9 Å². The van der Waals surface area contributed by atoms with Crippen LogP contribution >= 0.6 is 15.9 Å². The van der Waals surface area contributed by atoms with Crippen molar-refractivity contribution in [2.75, 3.05) is 11.9 Å². The van der Waals surface area contributed by atoms with Crippen molar-refractivity contribution in [2.24, 2.45) is 0 Å². The summed E-state index contributed by atoms with van der Waals surface area (Å²) in [6.45, 7) is 0.573. The number of nitro groups is 1. The Labute approximate surface area is 130 Å². The molecule has 114 valence electrons. The molecule has 1 unspecified atom stereocenters. The number of nitrogens with zero attached hydrogens (tertiary/aromatic N) is 2.